The number of amides is 1. The zero-order valence-electron chi connectivity index (χ0n) is 9.73. The number of rotatable bonds is 5. The van der Waals surface area contributed by atoms with Crippen molar-refractivity contribution in [3.05, 3.63) is 23.9 Å². The van der Waals surface area contributed by atoms with E-state index in [1.54, 1.807) is 19.2 Å². The highest BCUT2D eigenvalue weighted by Crippen LogP contribution is 2.03. The second kappa shape index (κ2) is 5.62. The Kier molecular flexibility index (Phi) is 4.45. The lowest BCUT2D eigenvalue weighted by molar-refractivity contribution is 0.0956. The Hall–Kier alpha value is -1.63. The van der Waals surface area contributed by atoms with Crippen molar-refractivity contribution in [2.24, 2.45) is 0 Å². The van der Waals surface area contributed by atoms with Crippen molar-refractivity contribution in [1.29, 1.82) is 0 Å². The molecule has 1 aromatic rings. The van der Waals surface area contributed by atoms with Gasteiger partial charge in [-0.3, -0.25) is 4.79 Å². The number of carbonyl (C=O) groups is 1. The van der Waals surface area contributed by atoms with E-state index in [1.807, 2.05) is 0 Å². The fourth-order valence-corrected chi connectivity index (χ4v) is 1.60. The summed E-state index contributed by atoms with van der Waals surface area (Å²) >= 11 is 0. The maximum atomic E-state index is 11.6. The lowest BCUT2D eigenvalue weighted by Crippen LogP contribution is -2.28. The van der Waals surface area contributed by atoms with Gasteiger partial charge in [-0.15, -0.1) is 0 Å². The molecule has 94 valence electrons. The maximum Gasteiger partial charge on any atom is 0.252 e. The summed E-state index contributed by atoms with van der Waals surface area (Å²) in [5.74, 6) is 0.266. The number of hydrogen-bond acceptors (Lipinski definition) is 5. The molecule has 0 aliphatic rings. The molecule has 0 fully saturated rings. The molecule has 6 nitrogen and oxygen atoms in total. The van der Waals surface area contributed by atoms with E-state index in [4.69, 9.17) is 0 Å². The Balaban J connectivity index is 2.52. The van der Waals surface area contributed by atoms with Gasteiger partial charge in [-0.25, -0.2) is 13.4 Å². The number of nitrogens with one attached hydrogen (secondary N) is 2. The van der Waals surface area contributed by atoms with Crippen LogP contribution in [0.15, 0.2) is 18.3 Å². The van der Waals surface area contributed by atoms with Crippen LogP contribution in [0.4, 0.5) is 5.82 Å². The maximum absolute atomic E-state index is 11.6. The molecular weight excluding hydrogens is 242 g/mol. The number of pyridine rings is 1. The number of hydrogen-bond donors (Lipinski definition) is 2. The molecule has 1 rings (SSSR count). The van der Waals surface area contributed by atoms with Crippen LogP contribution in [0.3, 0.4) is 0 Å². The van der Waals surface area contributed by atoms with Crippen molar-refractivity contribution in [1.82, 2.24) is 10.3 Å². The van der Waals surface area contributed by atoms with E-state index in [-0.39, 0.29) is 18.2 Å². The average Bonchev–Trinajstić information content (AvgIpc) is 2.27. The van der Waals surface area contributed by atoms with Gasteiger partial charge >= 0.3 is 0 Å². The Labute approximate surface area is 100 Å². The first-order valence-electron chi connectivity index (χ1n) is 5.02. The van der Waals surface area contributed by atoms with Gasteiger partial charge in [-0.2, -0.15) is 0 Å². The standard InChI is InChI=1S/C10H15N3O3S/c1-11-9-4-3-8(7-13-9)10(14)12-5-6-17(2,15)16/h3-4,7H,5-6H2,1-2H3,(H,11,13)(H,12,14). The Morgan fingerprint density at radius 1 is 1.41 bits per heavy atom. The highest BCUT2D eigenvalue weighted by atomic mass is 32.2. The first kappa shape index (κ1) is 13.4. The number of nitrogens with zero attached hydrogens (tertiary/aromatic N) is 1. The van der Waals surface area contributed by atoms with Gasteiger partial charge in [0.25, 0.3) is 5.91 Å². The second-order valence-corrected chi connectivity index (χ2v) is 5.83. The van der Waals surface area contributed by atoms with Crippen molar-refractivity contribution in [3.8, 4) is 0 Å². The highest BCUT2D eigenvalue weighted by molar-refractivity contribution is 7.90. The Morgan fingerprint density at radius 2 is 2.12 bits per heavy atom. The van der Waals surface area contributed by atoms with Crippen LogP contribution >= 0.6 is 0 Å². The summed E-state index contributed by atoms with van der Waals surface area (Å²) in [6.07, 6.45) is 2.56. The Morgan fingerprint density at radius 3 is 2.59 bits per heavy atom. The molecule has 0 unspecified atom stereocenters. The predicted octanol–water partition coefficient (Wildman–Crippen LogP) is -0.102. The molecule has 2 N–H and O–H groups in total. The number of sulfone groups is 1. The second-order valence-electron chi connectivity index (χ2n) is 3.57. The molecule has 1 amide bonds. The zero-order chi connectivity index (χ0) is 12.9. The monoisotopic (exact) mass is 257 g/mol. The van der Waals surface area contributed by atoms with Crippen molar-refractivity contribution in [2.45, 2.75) is 0 Å². The van der Waals surface area contributed by atoms with E-state index in [0.717, 1.165) is 6.26 Å². The summed E-state index contributed by atoms with van der Waals surface area (Å²) in [6.45, 7) is 0.103. The normalized spacial score (nSPS) is 10.9. The molecule has 0 bridgehead atoms. The van der Waals surface area contributed by atoms with Crippen molar-refractivity contribution in [3.63, 3.8) is 0 Å². The lowest BCUT2D eigenvalue weighted by atomic mass is 10.2. The average molecular weight is 257 g/mol. The molecule has 0 atom stereocenters. The topological polar surface area (TPSA) is 88.2 Å². The SMILES string of the molecule is CNc1ccc(C(=O)NCCS(C)(=O)=O)cn1. The highest BCUT2D eigenvalue weighted by Gasteiger charge is 2.07. The van der Waals surface area contributed by atoms with Gasteiger partial charge in [-0.1, -0.05) is 0 Å². The predicted molar refractivity (Wildman–Crippen MR) is 65.8 cm³/mol. The third-order valence-corrected chi connectivity index (χ3v) is 2.99. The summed E-state index contributed by atoms with van der Waals surface area (Å²) in [5, 5.41) is 5.35. The molecule has 0 spiro atoms. The first-order chi connectivity index (χ1) is 7.92. The van der Waals surface area contributed by atoms with E-state index < -0.39 is 9.84 Å². The van der Waals surface area contributed by atoms with Crippen LogP contribution in [-0.4, -0.2) is 44.9 Å². The fraction of sp³-hybridized carbons (Fsp3) is 0.400. The zero-order valence-corrected chi connectivity index (χ0v) is 10.5. The van der Waals surface area contributed by atoms with Crippen LogP contribution in [0.25, 0.3) is 0 Å². The summed E-state index contributed by atoms with van der Waals surface area (Å²) in [4.78, 5) is 15.5. The third kappa shape index (κ3) is 4.81. The summed E-state index contributed by atoms with van der Waals surface area (Å²) in [5.41, 5.74) is 0.400. The van der Waals surface area contributed by atoms with Gasteiger partial charge in [-0.05, 0) is 12.1 Å². The minimum Gasteiger partial charge on any atom is -0.373 e. The minimum absolute atomic E-state index is 0.0687. The van der Waals surface area contributed by atoms with E-state index in [2.05, 4.69) is 15.6 Å². The molecule has 1 heterocycles. The molecule has 1 aromatic heterocycles. The largest absolute Gasteiger partial charge is 0.373 e. The van der Waals surface area contributed by atoms with E-state index in [9.17, 15) is 13.2 Å². The van der Waals surface area contributed by atoms with Crippen LogP contribution in [0, 0.1) is 0 Å². The third-order valence-electron chi connectivity index (χ3n) is 2.04. The van der Waals surface area contributed by atoms with Crippen molar-refractivity contribution in [2.75, 3.05) is 30.9 Å². The van der Waals surface area contributed by atoms with E-state index in [0.29, 0.717) is 11.4 Å². The van der Waals surface area contributed by atoms with Gasteiger partial charge < -0.3 is 10.6 Å². The van der Waals surface area contributed by atoms with Crippen molar-refractivity contribution < 1.29 is 13.2 Å². The Bertz CT molecular complexity index is 482. The molecule has 0 saturated heterocycles. The number of carbonyl (C=O) groups excluding carboxylic acids is 1. The number of anilines is 1. The number of aromatic nitrogens is 1. The van der Waals surface area contributed by atoms with Crippen LogP contribution in [0.2, 0.25) is 0 Å². The molecular formula is C10H15N3O3S. The molecule has 0 aliphatic carbocycles. The van der Waals surface area contributed by atoms with Gasteiger partial charge in [0.05, 0.1) is 11.3 Å². The molecule has 0 aromatic carbocycles. The van der Waals surface area contributed by atoms with Gasteiger partial charge in [0.2, 0.25) is 0 Å². The summed E-state index contributed by atoms with van der Waals surface area (Å²) < 4.78 is 21.7. The van der Waals surface area contributed by atoms with Gasteiger partial charge in [0.1, 0.15) is 15.7 Å². The summed E-state index contributed by atoms with van der Waals surface area (Å²) in [6, 6.07) is 3.29. The van der Waals surface area contributed by atoms with Crippen LogP contribution in [-0.2, 0) is 9.84 Å². The minimum atomic E-state index is -3.05. The molecule has 0 aliphatic heterocycles. The van der Waals surface area contributed by atoms with Gasteiger partial charge in [0.15, 0.2) is 0 Å². The lowest BCUT2D eigenvalue weighted by Gasteiger charge is -2.04. The first-order valence-corrected chi connectivity index (χ1v) is 7.08. The molecule has 7 heteroatoms. The smallest absolute Gasteiger partial charge is 0.252 e. The van der Waals surface area contributed by atoms with Crippen LogP contribution in [0.5, 0.6) is 0 Å². The van der Waals surface area contributed by atoms with E-state index in [1.165, 1.54) is 6.20 Å². The van der Waals surface area contributed by atoms with Crippen LogP contribution in [0.1, 0.15) is 10.4 Å². The van der Waals surface area contributed by atoms with Crippen LogP contribution < -0.4 is 10.6 Å². The van der Waals surface area contributed by atoms with Gasteiger partial charge in [0, 0.05) is 26.0 Å². The van der Waals surface area contributed by atoms with E-state index >= 15 is 0 Å². The molecule has 0 radical (unpaired) electrons. The molecule has 0 saturated carbocycles. The van der Waals surface area contributed by atoms with Crippen molar-refractivity contribution >= 4 is 21.6 Å². The summed E-state index contributed by atoms with van der Waals surface area (Å²) in [7, 11) is -1.32. The fourth-order valence-electron chi connectivity index (χ4n) is 1.13. The quantitative estimate of drug-likeness (QED) is 0.769. The molecule has 17 heavy (non-hydrogen) atoms.